The van der Waals surface area contributed by atoms with Crippen LogP contribution in [0.2, 0.25) is 0 Å². The van der Waals surface area contributed by atoms with Crippen LogP contribution in [0.15, 0.2) is 24.3 Å². The van der Waals surface area contributed by atoms with Crippen LogP contribution in [0.3, 0.4) is 0 Å². The van der Waals surface area contributed by atoms with E-state index in [0.717, 1.165) is 18.5 Å². The Morgan fingerprint density at radius 3 is 2.75 bits per heavy atom. The van der Waals surface area contributed by atoms with Crippen LogP contribution in [0.1, 0.15) is 16.8 Å². The number of hydrogen-bond donors (Lipinski definition) is 2. The van der Waals surface area contributed by atoms with Crippen molar-refractivity contribution in [2.45, 2.75) is 12.6 Å². The van der Waals surface area contributed by atoms with Crippen molar-refractivity contribution in [2.75, 3.05) is 20.7 Å². The van der Waals surface area contributed by atoms with Gasteiger partial charge in [0, 0.05) is 12.0 Å². The molecule has 0 amide bonds. The molecule has 0 heterocycles. The van der Waals surface area contributed by atoms with Crippen molar-refractivity contribution >= 4 is 6.29 Å². The highest BCUT2D eigenvalue weighted by Crippen LogP contribution is 2.12. The van der Waals surface area contributed by atoms with Crippen molar-refractivity contribution in [1.82, 2.24) is 10.6 Å². The molecule has 0 saturated carbocycles. The van der Waals surface area contributed by atoms with Gasteiger partial charge in [-0.3, -0.25) is 4.79 Å². The van der Waals surface area contributed by atoms with E-state index in [1.54, 1.807) is 12.1 Å². The summed E-state index contributed by atoms with van der Waals surface area (Å²) in [6.45, 7) is 0.606. The Balaban J connectivity index is 2.39. The quantitative estimate of drug-likeness (QED) is 0.534. The van der Waals surface area contributed by atoms with Gasteiger partial charge in [0.2, 0.25) is 0 Å². The van der Waals surface area contributed by atoms with Gasteiger partial charge >= 0.3 is 0 Å². The third-order valence-electron chi connectivity index (χ3n) is 2.37. The smallest absolute Gasteiger partial charge is 0.150 e. The molecule has 0 bridgehead atoms. The minimum Gasteiger partial charge on any atom is -0.493 e. The van der Waals surface area contributed by atoms with Gasteiger partial charge < -0.3 is 15.4 Å². The van der Waals surface area contributed by atoms with Crippen molar-refractivity contribution in [3.8, 4) is 5.75 Å². The van der Waals surface area contributed by atoms with Crippen LogP contribution >= 0.6 is 0 Å². The number of rotatable bonds is 7. The summed E-state index contributed by atoms with van der Waals surface area (Å²) < 4.78 is 5.54. The zero-order valence-electron chi connectivity index (χ0n) is 9.69. The summed E-state index contributed by atoms with van der Waals surface area (Å²) in [5.74, 6) is 0.732. The first-order valence-electron chi connectivity index (χ1n) is 5.32. The molecule has 0 aromatic heterocycles. The van der Waals surface area contributed by atoms with Crippen LogP contribution < -0.4 is 15.4 Å². The van der Waals surface area contributed by atoms with Gasteiger partial charge in [-0.05, 0) is 26.2 Å². The molecule has 0 fully saturated rings. The van der Waals surface area contributed by atoms with Crippen molar-refractivity contribution in [1.29, 1.82) is 0 Å². The molecular weight excluding hydrogens is 204 g/mol. The summed E-state index contributed by atoms with van der Waals surface area (Å²) in [6.07, 6.45) is 1.92. The summed E-state index contributed by atoms with van der Waals surface area (Å²) in [6, 6.07) is 7.15. The number of ether oxygens (including phenoxy) is 1. The summed E-state index contributed by atoms with van der Waals surface area (Å²) in [4.78, 5) is 10.6. The average Bonchev–Trinajstić information content (AvgIpc) is 2.35. The van der Waals surface area contributed by atoms with Crippen molar-refractivity contribution in [3.05, 3.63) is 29.8 Å². The highest BCUT2D eigenvalue weighted by Gasteiger charge is 2.02. The molecule has 1 rings (SSSR count). The van der Waals surface area contributed by atoms with E-state index in [0.29, 0.717) is 12.2 Å². The Labute approximate surface area is 96.0 Å². The maximum absolute atomic E-state index is 10.6. The number of carbonyl (C=O) groups is 1. The molecule has 0 atom stereocenters. The second-order valence-electron chi connectivity index (χ2n) is 3.46. The van der Waals surface area contributed by atoms with Crippen LogP contribution in [0.25, 0.3) is 0 Å². The second-order valence-corrected chi connectivity index (χ2v) is 3.46. The Kier molecular flexibility index (Phi) is 5.53. The molecule has 0 aliphatic rings. The van der Waals surface area contributed by atoms with Crippen LogP contribution in [-0.4, -0.2) is 33.2 Å². The molecule has 0 aliphatic heterocycles. The minimum absolute atomic E-state index is 0.245. The van der Waals surface area contributed by atoms with Gasteiger partial charge in [0.25, 0.3) is 0 Å². The van der Waals surface area contributed by atoms with E-state index in [2.05, 4.69) is 10.6 Å². The molecular formula is C12H18N2O2. The summed E-state index contributed by atoms with van der Waals surface area (Å²) in [5.41, 5.74) is 0.635. The highest BCUT2D eigenvalue weighted by atomic mass is 16.5. The fourth-order valence-electron chi connectivity index (χ4n) is 1.41. The monoisotopic (exact) mass is 222 g/mol. The Hall–Kier alpha value is -1.39. The second kappa shape index (κ2) is 6.98. The lowest BCUT2D eigenvalue weighted by Crippen LogP contribution is -2.38. The standard InChI is InChI=1S/C12H18N2O2/c1-13-12(14-2)6-7-16-11-5-3-4-10(8-11)9-15/h3-5,8-9,12-14H,6-7H2,1-2H3. The lowest BCUT2D eigenvalue weighted by atomic mass is 10.2. The summed E-state index contributed by atoms with van der Waals surface area (Å²) >= 11 is 0. The summed E-state index contributed by atoms with van der Waals surface area (Å²) in [7, 11) is 3.79. The van der Waals surface area contributed by atoms with E-state index in [-0.39, 0.29) is 6.17 Å². The zero-order chi connectivity index (χ0) is 11.8. The third kappa shape index (κ3) is 4.00. The molecule has 0 aliphatic carbocycles. The largest absolute Gasteiger partial charge is 0.493 e. The zero-order valence-corrected chi connectivity index (χ0v) is 9.69. The number of aldehydes is 1. The lowest BCUT2D eigenvalue weighted by Gasteiger charge is -2.15. The van der Waals surface area contributed by atoms with E-state index in [1.807, 2.05) is 26.2 Å². The Morgan fingerprint density at radius 2 is 2.12 bits per heavy atom. The van der Waals surface area contributed by atoms with Gasteiger partial charge in [-0.15, -0.1) is 0 Å². The van der Waals surface area contributed by atoms with Crippen molar-refractivity contribution in [2.24, 2.45) is 0 Å². The van der Waals surface area contributed by atoms with E-state index < -0.39 is 0 Å². The van der Waals surface area contributed by atoms with Gasteiger partial charge in [-0.25, -0.2) is 0 Å². The molecule has 1 aromatic rings. The van der Waals surface area contributed by atoms with Gasteiger partial charge in [-0.1, -0.05) is 12.1 Å². The topological polar surface area (TPSA) is 50.4 Å². The van der Waals surface area contributed by atoms with Crippen LogP contribution in [0.4, 0.5) is 0 Å². The van der Waals surface area contributed by atoms with Gasteiger partial charge in [0.05, 0.1) is 12.8 Å². The molecule has 4 heteroatoms. The molecule has 4 nitrogen and oxygen atoms in total. The SMILES string of the molecule is CNC(CCOc1cccc(C=O)c1)NC. The van der Waals surface area contributed by atoms with Crippen LogP contribution in [0, 0.1) is 0 Å². The first-order chi connectivity index (χ1) is 7.80. The normalized spacial score (nSPS) is 10.4. The van der Waals surface area contributed by atoms with Gasteiger partial charge in [0.1, 0.15) is 12.0 Å². The molecule has 0 radical (unpaired) electrons. The van der Waals surface area contributed by atoms with E-state index in [1.165, 1.54) is 0 Å². The number of nitrogens with one attached hydrogen (secondary N) is 2. The molecule has 0 spiro atoms. The average molecular weight is 222 g/mol. The molecule has 2 N–H and O–H groups in total. The van der Waals surface area contributed by atoms with E-state index in [9.17, 15) is 4.79 Å². The van der Waals surface area contributed by atoms with Crippen LogP contribution in [-0.2, 0) is 0 Å². The van der Waals surface area contributed by atoms with Crippen molar-refractivity contribution in [3.63, 3.8) is 0 Å². The predicted octanol–water partition coefficient (Wildman–Crippen LogP) is 1.03. The Morgan fingerprint density at radius 1 is 1.38 bits per heavy atom. The fourth-order valence-corrected chi connectivity index (χ4v) is 1.41. The molecule has 1 aromatic carbocycles. The van der Waals surface area contributed by atoms with Crippen molar-refractivity contribution < 1.29 is 9.53 Å². The van der Waals surface area contributed by atoms with E-state index in [4.69, 9.17) is 4.74 Å². The first kappa shape index (κ1) is 12.7. The molecule has 0 unspecified atom stereocenters. The van der Waals surface area contributed by atoms with Gasteiger partial charge in [0.15, 0.2) is 0 Å². The fraction of sp³-hybridized carbons (Fsp3) is 0.417. The van der Waals surface area contributed by atoms with Gasteiger partial charge in [-0.2, -0.15) is 0 Å². The van der Waals surface area contributed by atoms with E-state index >= 15 is 0 Å². The maximum Gasteiger partial charge on any atom is 0.150 e. The third-order valence-corrected chi connectivity index (χ3v) is 2.37. The lowest BCUT2D eigenvalue weighted by molar-refractivity contribution is 0.112. The predicted molar refractivity (Wildman–Crippen MR) is 63.8 cm³/mol. The van der Waals surface area contributed by atoms with Crippen LogP contribution in [0.5, 0.6) is 5.75 Å². The Bertz CT molecular complexity index is 325. The number of benzene rings is 1. The minimum atomic E-state index is 0.245. The first-order valence-corrected chi connectivity index (χ1v) is 5.32. The number of carbonyl (C=O) groups excluding carboxylic acids is 1. The highest BCUT2D eigenvalue weighted by molar-refractivity contribution is 5.75. The number of hydrogen-bond acceptors (Lipinski definition) is 4. The molecule has 16 heavy (non-hydrogen) atoms. The molecule has 88 valence electrons. The summed E-state index contributed by atoms with van der Waals surface area (Å²) in [5, 5.41) is 6.23. The maximum atomic E-state index is 10.6. The molecule has 0 saturated heterocycles.